The van der Waals surface area contributed by atoms with Crippen LogP contribution in [0.2, 0.25) is 5.02 Å². The van der Waals surface area contributed by atoms with Crippen LogP contribution < -0.4 is 11.4 Å². The molecule has 0 aliphatic rings. The number of aromatic amines is 2. The van der Waals surface area contributed by atoms with Gasteiger partial charge >= 0.3 is 5.69 Å². The molecule has 20 heavy (non-hydrogen) atoms. The summed E-state index contributed by atoms with van der Waals surface area (Å²) in [6.07, 6.45) is 0. The van der Waals surface area contributed by atoms with Gasteiger partial charge in [0.2, 0.25) is 0 Å². The van der Waals surface area contributed by atoms with E-state index in [9.17, 15) is 4.79 Å². The molecule has 0 saturated heterocycles. The number of halogens is 1. The van der Waals surface area contributed by atoms with Gasteiger partial charge in [0.25, 0.3) is 0 Å². The van der Waals surface area contributed by atoms with Gasteiger partial charge in [-0.25, -0.2) is 4.79 Å². The summed E-state index contributed by atoms with van der Waals surface area (Å²) in [6.45, 7) is 1.95. The fourth-order valence-electron chi connectivity index (χ4n) is 2.38. The number of H-pyrrole nitrogens is 2. The van der Waals surface area contributed by atoms with Gasteiger partial charge in [-0.05, 0) is 41.8 Å². The zero-order valence-electron chi connectivity index (χ0n) is 10.9. The Morgan fingerprint density at radius 3 is 2.70 bits per heavy atom. The van der Waals surface area contributed by atoms with Crippen molar-refractivity contribution in [2.45, 2.75) is 13.0 Å². The fraction of sp³-hybridized carbons (Fsp3) is 0.133. The topological polar surface area (TPSA) is 74.7 Å². The Labute approximate surface area is 120 Å². The lowest BCUT2D eigenvalue weighted by Crippen LogP contribution is -2.13. The maximum atomic E-state index is 11.3. The molecule has 0 aliphatic heterocycles. The molecule has 0 bridgehead atoms. The largest absolute Gasteiger partial charge is 0.323 e. The Hall–Kier alpha value is -2.04. The fourth-order valence-corrected chi connectivity index (χ4v) is 2.57. The average molecular weight is 288 g/mol. The third-order valence-electron chi connectivity index (χ3n) is 3.54. The van der Waals surface area contributed by atoms with E-state index in [0.29, 0.717) is 5.02 Å². The molecule has 4 nitrogen and oxygen atoms in total. The number of benzene rings is 2. The van der Waals surface area contributed by atoms with Crippen molar-refractivity contribution in [3.63, 3.8) is 0 Å². The van der Waals surface area contributed by atoms with Crippen LogP contribution in [0.15, 0.2) is 41.2 Å². The molecule has 0 saturated carbocycles. The SMILES string of the molecule is Cc1c(Cl)cccc1C(N)c1ccc2[nH]c(=O)[nH]c2c1. The van der Waals surface area contributed by atoms with Crippen LogP contribution in [0.5, 0.6) is 0 Å². The molecule has 1 heterocycles. The van der Waals surface area contributed by atoms with Gasteiger partial charge in [0.1, 0.15) is 0 Å². The number of nitrogens with one attached hydrogen (secondary N) is 2. The van der Waals surface area contributed by atoms with Crippen molar-refractivity contribution in [1.29, 1.82) is 0 Å². The highest BCUT2D eigenvalue weighted by Crippen LogP contribution is 2.28. The number of nitrogens with two attached hydrogens (primary N) is 1. The second-order valence-corrected chi connectivity index (χ2v) is 5.22. The normalized spacial score (nSPS) is 12.8. The molecule has 3 rings (SSSR count). The summed E-state index contributed by atoms with van der Waals surface area (Å²) in [5.41, 5.74) is 10.5. The highest BCUT2D eigenvalue weighted by Gasteiger charge is 2.13. The van der Waals surface area contributed by atoms with E-state index >= 15 is 0 Å². The maximum absolute atomic E-state index is 11.3. The van der Waals surface area contributed by atoms with Crippen molar-refractivity contribution in [2.24, 2.45) is 5.73 Å². The first kappa shape index (κ1) is 13.0. The summed E-state index contributed by atoms with van der Waals surface area (Å²) in [5, 5.41) is 0.703. The predicted octanol–water partition coefficient (Wildman–Crippen LogP) is 2.87. The van der Waals surface area contributed by atoms with Crippen LogP contribution in [0.1, 0.15) is 22.7 Å². The molecule has 4 N–H and O–H groups in total. The van der Waals surface area contributed by atoms with E-state index in [0.717, 1.165) is 27.7 Å². The number of hydrogen-bond acceptors (Lipinski definition) is 2. The number of fused-ring (bicyclic) bond motifs is 1. The summed E-state index contributed by atoms with van der Waals surface area (Å²) in [7, 11) is 0. The standard InChI is InChI=1S/C15H14ClN3O/c1-8-10(3-2-4-11(8)16)14(17)9-5-6-12-13(7-9)19-15(20)18-12/h2-7,14H,17H2,1H3,(H2,18,19,20). The van der Waals surface area contributed by atoms with Gasteiger partial charge in [-0.1, -0.05) is 29.8 Å². The monoisotopic (exact) mass is 287 g/mol. The van der Waals surface area contributed by atoms with Crippen LogP contribution in [0.3, 0.4) is 0 Å². The maximum Gasteiger partial charge on any atom is 0.323 e. The van der Waals surface area contributed by atoms with Crippen LogP contribution in [-0.2, 0) is 0 Å². The molecule has 3 aromatic rings. The van der Waals surface area contributed by atoms with Gasteiger partial charge in [-0.3, -0.25) is 0 Å². The van der Waals surface area contributed by atoms with Crippen LogP contribution in [0.4, 0.5) is 0 Å². The number of aromatic nitrogens is 2. The van der Waals surface area contributed by atoms with Crippen LogP contribution >= 0.6 is 11.6 Å². The smallest absolute Gasteiger partial charge is 0.320 e. The highest BCUT2D eigenvalue weighted by atomic mass is 35.5. The summed E-state index contributed by atoms with van der Waals surface area (Å²) in [5.74, 6) is 0. The Kier molecular flexibility index (Phi) is 3.12. The highest BCUT2D eigenvalue weighted by molar-refractivity contribution is 6.31. The summed E-state index contributed by atoms with van der Waals surface area (Å²) < 4.78 is 0. The lowest BCUT2D eigenvalue weighted by Gasteiger charge is -2.16. The molecule has 0 spiro atoms. The number of rotatable bonds is 2. The lowest BCUT2D eigenvalue weighted by molar-refractivity contribution is 0.863. The van der Waals surface area contributed by atoms with Crippen molar-refractivity contribution < 1.29 is 0 Å². The molecule has 1 aromatic heterocycles. The summed E-state index contributed by atoms with van der Waals surface area (Å²) >= 11 is 6.14. The van der Waals surface area contributed by atoms with Gasteiger partial charge in [0.05, 0.1) is 17.1 Å². The van der Waals surface area contributed by atoms with E-state index in [-0.39, 0.29) is 11.7 Å². The zero-order valence-corrected chi connectivity index (χ0v) is 11.7. The molecule has 0 aliphatic carbocycles. The first-order valence-corrected chi connectivity index (χ1v) is 6.66. The van der Waals surface area contributed by atoms with Gasteiger partial charge in [-0.2, -0.15) is 0 Å². The molecule has 2 aromatic carbocycles. The Bertz CT molecular complexity index is 834. The van der Waals surface area contributed by atoms with Crippen LogP contribution in [0, 0.1) is 6.92 Å². The average Bonchev–Trinajstić information content (AvgIpc) is 2.80. The van der Waals surface area contributed by atoms with E-state index in [2.05, 4.69) is 9.97 Å². The molecule has 1 atom stereocenters. The molecular formula is C15H14ClN3O. The van der Waals surface area contributed by atoms with E-state index in [1.165, 1.54) is 0 Å². The van der Waals surface area contributed by atoms with Gasteiger partial charge < -0.3 is 15.7 Å². The summed E-state index contributed by atoms with van der Waals surface area (Å²) in [4.78, 5) is 16.7. The second kappa shape index (κ2) is 4.81. The summed E-state index contributed by atoms with van der Waals surface area (Å²) in [6, 6.07) is 11.1. The molecule has 102 valence electrons. The second-order valence-electron chi connectivity index (χ2n) is 4.82. The van der Waals surface area contributed by atoms with E-state index in [1.54, 1.807) is 0 Å². The van der Waals surface area contributed by atoms with E-state index < -0.39 is 0 Å². The first-order valence-electron chi connectivity index (χ1n) is 6.29. The van der Waals surface area contributed by atoms with Crippen LogP contribution in [0.25, 0.3) is 11.0 Å². The van der Waals surface area contributed by atoms with Gasteiger partial charge in [-0.15, -0.1) is 0 Å². The Morgan fingerprint density at radius 2 is 1.90 bits per heavy atom. The minimum Gasteiger partial charge on any atom is -0.320 e. The van der Waals surface area contributed by atoms with Crippen molar-refractivity contribution >= 4 is 22.6 Å². The van der Waals surface area contributed by atoms with Crippen molar-refractivity contribution in [2.75, 3.05) is 0 Å². The lowest BCUT2D eigenvalue weighted by atomic mass is 9.95. The predicted molar refractivity (Wildman–Crippen MR) is 81.1 cm³/mol. The molecule has 5 heteroatoms. The third kappa shape index (κ3) is 2.13. The number of hydrogen-bond donors (Lipinski definition) is 3. The molecule has 1 unspecified atom stereocenters. The van der Waals surface area contributed by atoms with E-state index in [1.807, 2.05) is 43.3 Å². The van der Waals surface area contributed by atoms with Gasteiger partial charge in [0.15, 0.2) is 0 Å². The molecule has 0 amide bonds. The minimum absolute atomic E-state index is 0.218. The first-order chi connectivity index (χ1) is 9.56. The molecule has 0 radical (unpaired) electrons. The molecular weight excluding hydrogens is 274 g/mol. The number of imidazole rings is 1. The Morgan fingerprint density at radius 1 is 1.15 bits per heavy atom. The van der Waals surface area contributed by atoms with Crippen LogP contribution in [-0.4, -0.2) is 9.97 Å². The van der Waals surface area contributed by atoms with Crippen molar-refractivity contribution in [3.8, 4) is 0 Å². The van der Waals surface area contributed by atoms with Gasteiger partial charge in [0, 0.05) is 5.02 Å². The third-order valence-corrected chi connectivity index (χ3v) is 3.95. The zero-order chi connectivity index (χ0) is 14.3. The Balaban J connectivity index is 2.09. The molecule has 0 fully saturated rings. The minimum atomic E-state index is -0.281. The quantitative estimate of drug-likeness (QED) is 0.678. The van der Waals surface area contributed by atoms with Crippen molar-refractivity contribution in [3.05, 3.63) is 68.6 Å². The van der Waals surface area contributed by atoms with E-state index in [4.69, 9.17) is 17.3 Å². The van der Waals surface area contributed by atoms with Crippen molar-refractivity contribution in [1.82, 2.24) is 9.97 Å².